The van der Waals surface area contributed by atoms with Crippen LogP contribution in [0.5, 0.6) is 0 Å². The molecule has 166 valence electrons. The van der Waals surface area contributed by atoms with Gasteiger partial charge in [-0.3, -0.25) is 15.0 Å². The molecule has 0 bridgehead atoms. The Hall–Kier alpha value is -1.03. The van der Waals surface area contributed by atoms with Gasteiger partial charge in [-0.05, 0) is 134 Å². The molecule has 4 heteroatoms. The minimum absolute atomic E-state index is 0.0841. The monoisotopic (exact) mass is 394 g/mol. The first-order valence-corrected chi connectivity index (χ1v) is 11.0. The summed E-state index contributed by atoms with van der Waals surface area (Å²) in [5, 5.41) is 0. The molecule has 0 fully saturated rings. The molecule has 0 aliphatic heterocycles. The zero-order valence-electron chi connectivity index (χ0n) is 20.9. The zero-order valence-corrected chi connectivity index (χ0v) is 20.9. The highest BCUT2D eigenvalue weighted by atomic mass is 15.1. The van der Waals surface area contributed by atoms with Crippen molar-refractivity contribution >= 4 is 18.6 Å². The average molecular weight is 395 g/mol. The predicted octanol–water partition coefficient (Wildman–Crippen LogP) is 6.48. The number of nitrogens with zero attached hydrogens (tertiary/aromatic N) is 4. The maximum atomic E-state index is 4.46. The lowest BCUT2D eigenvalue weighted by Crippen LogP contribution is -2.24. The van der Waals surface area contributed by atoms with E-state index < -0.39 is 0 Å². The van der Waals surface area contributed by atoms with Gasteiger partial charge in [-0.1, -0.05) is 0 Å². The van der Waals surface area contributed by atoms with Crippen LogP contribution in [0.15, 0.2) is 15.0 Å². The highest BCUT2D eigenvalue weighted by molar-refractivity contribution is 5.54. The van der Waals surface area contributed by atoms with Crippen LogP contribution in [0.3, 0.4) is 0 Å². The van der Waals surface area contributed by atoms with Crippen molar-refractivity contribution < 1.29 is 0 Å². The summed E-state index contributed by atoms with van der Waals surface area (Å²) in [5.41, 5.74) is 0.168. The van der Waals surface area contributed by atoms with E-state index in [9.17, 15) is 0 Å². The van der Waals surface area contributed by atoms with Crippen molar-refractivity contribution in [3.63, 3.8) is 0 Å². The Morgan fingerprint density at radius 2 is 1.21 bits per heavy atom. The molecule has 0 aromatic heterocycles. The van der Waals surface area contributed by atoms with Crippen molar-refractivity contribution in [2.75, 3.05) is 14.1 Å². The first-order valence-electron chi connectivity index (χ1n) is 11.0. The van der Waals surface area contributed by atoms with Crippen molar-refractivity contribution in [1.82, 2.24) is 4.90 Å². The van der Waals surface area contributed by atoms with Crippen LogP contribution in [0.2, 0.25) is 0 Å². The van der Waals surface area contributed by atoms with Gasteiger partial charge in [0.2, 0.25) is 0 Å². The summed E-state index contributed by atoms with van der Waals surface area (Å²) in [5.74, 6) is 0. The molecular weight excluding hydrogens is 344 g/mol. The maximum absolute atomic E-state index is 4.46. The van der Waals surface area contributed by atoms with Crippen molar-refractivity contribution in [2.24, 2.45) is 15.0 Å². The highest BCUT2D eigenvalue weighted by Gasteiger charge is 2.19. The molecule has 0 spiro atoms. The maximum Gasteiger partial charge on any atom is 0.0548 e. The van der Waals surface area contributed by atoms with Crippen LogP contribution in [0.25, 0.3) is 0 Å². The third-order valence-corrected chi connectivity index (χ3v) is 5.06. The van der Waals surface area contributed by atoms with Crippen LogP contribution in [0.4, 0.5) is 0 Å². The molecule has 0 heterocycles. The third kappa shape index (κ3) is 18.3. The van der Waals surface area contributed by atoms with Crippen LogP contribution >= 0.6 is 0 Å². The molecule has 0 aromatic rings. The van der Waals surface area contributed by atoms with Gasteiger partial charge in [0.05, 0.1) is 11.1 Å². The molecule has 0 saturated carbocycles. The predicted molar refractivity (Wildman–Crippen MR) is 131 cm³/mol. The quantitative estimate of drug-likeness (QED) is 0.349. The Morgan fingerprint density at radius 1 is 0.750 bits per heavy atom. The highest BCUT2D eigenvalue weighted by Crippen LogP contribution is 2.23. The minimum atomic E-state index is 0.0841. The fourth-order valence-corrected chi connectivity index (χ4v) is 3.08. The number of aliphatic imine (C=N–C) groups is 3. The van der Waals surface area contributed by atoms with Gasteiger partial charge in [0.25, 0.3) is 0 Å². The van der Waals surface area contributed by atoms with Crippen molar-refractivity contribution in [1.29, 1.82) is 0 Å². The number of hydrogen-bond acceptors (Lipinski definition) is 4. The molecule has 0 amide bonds. The molecule has 0 saturated heterocycles. The summed E-state index contributed by atoms with van der Waals surface area (Å²) in [4.78, 5) is 15.5. The summed E-state index contributed by atoms with van der Waals surface area (Å²) in [6.45, 7) is 19.1. The molecule has 0 aliphatic rings. The first-order chi connectivity index (χ1) is 12.9. The standard InChI is InChI=1S/C13H26N2.C11H24N2/c1-7-14-12(3,4)10-9-11-13(5,6)15-8-2;1-6-12-10(2)8-7-9-11(3)13(4)5/h7-8H,9-11H2,1-6H3;6,10-11H,7-9H2,1-5H3. The van der Waals surface area contributed by atoms with Gasteiger partial charge in [0.15, 0.2) is 0 Å². The normalized spacial score (nSPS) is 15.4. The molecule has 0 rings (SSSR count). The second-order valence-electron chi connectivity index (χ2n) is 9.25. The lowest BCUT2D eigenvalue weighted by atomic mass is 9.92. The number of hydrogen-bond donors (Lipinski definition) is 0. The van der Waals surface area contributed by atoms with E-state index in [0.717, 1.165) is 12.8 Å². The van der Waals surface area contributed by atoms with Gasteiger partial charge in [-0.25, -0.2) is 0 Å². The summed E-state index contributed by atoms with van der Waals surface area (Å²) < 4.78 is 0. The second-order valence-corrected chi connectivity index (χ2v) is 9.25. The van der Waals surface area contributed by atoms with E-state index in [2.05, 4.69) is 75.5 Å². The van der Waals surface area contributed by atoms with Crippen LogP contribution in [-0.4, -0.2) is 60.8 Å². The Morgan fingerprint density at radius 3 is 1.57 bits per heavy atom. The molecule has 0 N–H and O–H groups in total. The smallest absolute Gasteiger partial charge is 0.0548 e. The van der Waals surface area contributed by atoms with Gasteiger partial charge in [0, 0.05) is 12.1 Å². The fourth-order valence-electron chi connectivity index (χ4n) is 3.08. The lowest BCUT2D eigenvalue weighted by molar-refractivity contribution is 0.290. The van der Waals surface area contributed by atoms with Gasteiger partial charge in [-0.2, -0.15) is 0 Å². The molecule has 28 heavy (non-hydrogen) atoms. The average Bonchev–Trinajstić information content (AvgIpc) is 2.54. The molecule has 0 aromatic carbocycles. The van der Waals surface area contributed by atoms with E-state index in [1.165, 1.54) is 25.7 Å². The Bertz CT molecular complexity index is 424. The van der Waals surface area contributed by atoms with Crippen LogP contribution in [0.1, 0.15) is 101 Å². The summed E-state index contributed by atoms with van der Waals surface area (Å²) >= 11 is 0. The summed E-state index contributed by atoms with van der Waals surface area (Å²) in [6.07, 6.45) is 12.9. The third-order valence-electron chi connectivity index (χ3n) is 5.06. The fraction of sp³-hybridized carbons (Fsp3) is 0.875. The molecule has 0 radical (unpaired) electrons. The van der Waals surface area contributed by atoms with E-state index in [1.807, 2.05) is 39.4 Å². The van der Waals surface area contributed by atoms with E-state index in [0.29, 0.717) is 12.1 Å². The van der Waals surface area contributed by atoms with Crippen LogP contribution in [-0.2, 0) is 0 Å². The van der Waals surface area contributed by atoms with Gasteiger partial charge < -0.3 is 4.90 Å². The lowest BCUT2D eigenvalue weighted by Gasteiger charge is -2.23. The Balaban J connectivity index is 0. The van der Waals surface area contributed by atoms with Crippen LogP contribution < -0.4 is 0 Å². The zero-order chi connectivity index (χ0) is 22.2. The second kappa shape index (κ2) is 15.8. The Kier molecular flexibility index (Phi) is 16.5. The largest absolute Gasteiger partial charge is 0.307 e. The van der Waals surface area contributed by atoms with E-state index in [1.54, 1.807) is 0 Å². The summed E-state index contributed by atoms with van der Waals surface area (Å²) in [6, 6.07) is 1.19. The molecule has 2 unspecified atom stereocenters. The van der Waals surface area contributed by atoms with Crippen molar-refractivity contribution in [3.8, 4) is 0 Å². The molecule has 4 nitrogen and oxygen atoms in total. The van der Waals surface area contributed by atoms with Gasteiger partial charge in [-0.15, -0.1) is 0 Å². The van der Waals surface area contributed by atoms with Crippen molar-refractivity contribution in [3.05, 3.63) is 0 Å². The SMILES string of the molecule is CC=NC(C)(C)CCCC(C)(C)N=CC.CC=NC(C)CCCC(C)N(C)C. The first kappa shape index (κ1) is 29.2. The minimum Gasteiger partial charge on any atom is -0.307 e. The van der Waals surface area contributed by atoms with E-state index in [4.69, 9.17) is 0 Å². The topological polar surface area (TPSA) is 40.3 Å². The van der Waals surface area contributed by atoms with E-state index >= 15 is 0 Å². The van der Waals surface area contributed by atoms with Crippen molar-refractivity contribution in [2.45, 2.75) is 124 Å². The van der Waals surface area contributed by atoms with Crippen LogP contribution in [0, 0.1) is 0 Å². The van der Waals surface area contributed by atoms with E-state index in [-0.39, 0.29) is 11.1 Å². The molecule has 0 aliphatic carbocycles. The molecular formula is C24H50N4. The van der Waals surface area contributed by atoms with Gasteiger partial charge in [0.1, 0.15) is 0 Å². The molecule has 2 atom stereocenters. The Labute approximate surface area is 177 Å². The van der Waals surface area contributed by atoms with Gasteiger partial charge >= 0.3 is 0 Å². The summed E-state index contributed by atoms with van der Waals surface area (Å²) in [7, 11) is 4.27. The number of rotatable bonds is 12.